The van der Waals surface area contributed by atoms with Crippen LogP contribution in [0.3, 0.4) is 0 Å². The van der Waals surface area contributed by atoms with Gasteiger partial charge in [-0.3, -0.25) is 9.69 Å². The number of piperazine rings is 1. The molecule has 1 aromatic heterocycles. The zero-order valence-electron chi connectivity index (χ0n) is 12.4. The third-order valence-electron chi connectivity index (χ3n) is 4.11. The summed E-state index contributed by atoms with van der Waals surface area (Å²) < 4.78 is 1.14. The van der Waals surface area contributed by atoms with E-state index in [1.54, 1.807) is 11.3 Å². The molecule has 3 nitrogen and oxygen atoms in total. The van der Waals surface area contributed by atoms with Crippen LogP contribution in [0.2, 0.25) is 5.02 Å². The van der Waals surface area contributed by atoms with Crippen LogP contribution in [0.25, 0.3) is 10.1 Å². The molecule has 1 aromatic carbocycles. The molecule has 0 unspecified atom stereocenters. The largest absolute Gasteiger partial charge is 0.304 e. The number of carbonyl (C=O) groups excluding carboxylic acids is 1. The third kappa shape index (κ3) is 3.14. The number of aryl methyl sites for hydroxylation is 1. The fourth-order valence-electron chi connectivity index (χ4n) is 2.74. The number of carbonyl (C=O) groups is 1. The predicted octanol–water partition coefficient (Wildman–Crippen LogP) is 3.29. The summed E-state index contributed by atoms with van der Waals surface area (Å²) in [5, 5.41) is 1.83. The normalized spacial score (nSPS) is 17.5. The van der Waals surface area contributed by atoms with Crippen LogP contribution in [-0.4, -0.2) is 55.4 Å². The summed E-state index contributed by atoms with van der Waals surface area (Å²) >= 11 is 7.64. The molecule has 1 aliphatic heterocycles. The first-order valence-corrected chi connectivity index (χ1v) is 8.37. The number of ketones is 1. The van der Waals surface area contributed by atoms with Crippen molar-refractivity contribution in [2.24, 2.45) is 0 Å². The van der Waals surface area contributed by atoms with Gasteiger partial charge in [-0.25, -0.2) is 0 Å². The Balaban J connectivity index is 1.80. The maximum atomic E-state index is 12.6. The lowest BCUT2D eigenvalue weighted by Crippen LogP contribution is -2.46. The molecule has 1 fully saturated rings. The molecule has 0 saturated carbocycles. The van der Waals surface area contributed by atoms with Crippen LogP contribution in [-0.2, 0) is 0 Å². The van der Waals surface area contributed by atoms with Crippen molar-refractivity contribution in [2.45, 2.75) is 6.92 Å². The van der Waals surface area contributed by atoms with Gasteiger partial charge in [0, 0.05) is 35.9 Å². The second-order valence-corrected chi connectivity index (χ2v) is 7.19. The van der Waals surface area contributed by atoms with E-state index in [9.17, 15) is 4.79 Å². The first kappa shape index (κ1) is 15.0. The van der Waals surface area contributed by atoms with Gasteiger partial charge in [0.05, 0.1) is 11.4 Å². The summed E-state index contributed by atoms with van der Waals surface area (Å²) in [7, 11) is 2.12. The topological polar surface area (TPSA) is 23.6 Å². The minimum atomic E-state index is 0.231. The van der Waals surface area contributed by atoms with Crippen molar-refractivity contribution in [3.05, 3.63) is 33.7 Å². The number of Topliss-reactive ketones (excluding diaryl/α,β-unsaturated/α-hetero) is 1. The Labute approximate surface area is 134 Å². The van der Waals surface area contributed by atoms with E-state index >= 15 is 0 Å². The zero-order valence-corrected chi connectivity index (χ0v) is 13.9. The SMILES string of the molecule is Cc1c(C(=O)CN2CCN(C)CC2)sc2ccc(Cl)cc12. The molecule has 5 heteroatoms. The molecule has 0 atom stereocenters. The number of nitrogens with zero attached hydrogens (tertiary/aromatic N) is 2. The van der Waals surface area contributed by atoms with Gasteiger partial charge in [0.25, 0.3) is 0 Å². The number of thiophene rings is 1. The fourth-order valence-corrected chi connectivity index (χ4v) is 4.03. The lowest BCUT2D eigenvalue weighted by molar-refractivity contribution is 0.0880. The Hall–Kier alpha value is -0.940. The van der Waals surface area contributed by atoms with Gasteiger partial charge in [-0.2, -0.15) is 0 Å². The van der Waals surface area contributed by atoms with Gasteiger partial charge in [0.15, 0.2) is 5.78 Å². The number of hydrogen-bond acceptors (Lipinski definition) is 4. The van der Waals surface area contributed by atoms with Crippen molar-refractivity contribution in [1.29, 1.82) is 0 Å². The first-order chi connectivity index (χ1) is 10.0. The summed E-state index contributed by atoms with van der Waals surface area (Å²) in [6, 6.07) is 5.84. The zero-order chi connectivity index (χ0) is 15.0. The van der Waals surface area contributed by atoms with Gasteiger partial charge < -0.3 is 4.90 Å². The quantitative estimate of drug-likeness (QED) is 0.810. The summed E-state index contributed by atoms with van der Waals surface area (Å²) in [5.41, 5.74) is 1.07. The molecular weight excluding hydrogens is 304 g/mol. The molecule has 3 rings (SSSR count). The maximum absolute atomic E-state index is 12.6. The molecule has 0 N–H and O–H groups in total. The molecule has 0 spiro atoms. The number of hydrogen-bond donors (Lipinski definition) is 0. The molecule has 1 aliphatic rings. The minimum absolute atomic E-state index is 0.231. The van der Waals surface area contributed by atoms with E-state index in [0.717, 1.165) is 51.7 Å². The predicted molar refractivity (Wildman–Crippen MR) is 89.8 cm³/mol. The highest BCUT2D eigenvalue weighted by Crippen LogP contribution is 2.33. The Kier molecular flexibility index (Phi) is 4.31. The monoisotopic (exact) mass is 322 g/mol. The number of rotatable bonds is 3. The Morgan fingerprint density at radius 1 is 1.29 bits per heavy atom. The highest BCUT2D eigenvalue weighted by molar-refractivity contribution is 7.21. The van der Waals surface area contributed by atoms with E-state index < -0.39 is 0 Å². The van der Waals surface area contributed by atoms with Gasteiger partial charge in [0.1, 0.15) is 0 Å². The van der Waals surface area contributed by atoms with Crippen LogP contribution in [0.15, 0.2) is 18.2 Å². The second-order valence-electron chi connectivity index (χ2n) is 5.70. The Bertz CT molecular complexity index is 674. The summed E-state index contributed by atoms with van der Waals surface area (Å²) in [6.45, 7) is 6.56. The van der Waals surface area contributed by atoms with E-state index in [4.69, 9.17) is 11.6 Å². The van der Waals surface area contributed by atoms with Gasteiger partial charge in [-0.1, -0.05) is 11.6 Å². The lowest BCUT2D eigenvalue weighted by atomic mass is 10.1. The van der Waals surface area contributed by atoms with Crippen LogP contribution < -0.4 is 0 Å². The van der Waals surface area contributed by atoms with Crippen LogP contribution in [0.5, 0.6) is 0 Å². The van der Waals surface area contributed by atoms with Crippen molar-refractivity contribution in [1.82, 2.24) is 9.80 Å². The van der Waals surface area contributed by atoms with E-state index in [2.05, 4.69) is 16.8 Å². The van der Waals surface area contributed by atoms with Crippen LogP contribution in [0, 0.1) is 6.92 Å². The molecule has 0 radical (unpaired) electrons. The number of likely N-dealkylation sites (N-methyl/N-ethyl adjacent to an activating group) is 1. The molecular formula is C16H19ClN2OS. The van der Waals surface area contributed by atoms with E-state index in [0.29, 0.717) is 6.54 Å². The molecule has 112 valence electrons. The average molecular weight is 323 g/mol. The molecule has 0 amide bonds. The Morgan fingerprint density at radius 3 is 2.71 bits per heavy atom. The number of halogens is 1. The molecule has 21 heavy (non-hydrogen) atoms. The van der Waals surface area contributed by atoms with E-state index in [1.807, 2.05) is 25.1 Å². The fraction of sp³-hybridized carbons (Fsp3) is 0.438. The third-order valence-corrected chi connectivity index (χ3v) is 5.66. The number of fused-ring (bicyclic) bond motifs is 1. The van der Waals surface area contributed by atoms with Gasteiger partial charge >= 0.3 is 0 Å². The second kappa shape index (κ2) is 6.05. The van der Waals surface area contributed by atoms with Crippen molar-refractivity contribution >= 4 is 38.8 Å². The maximum Gasteiger partial charge on any atom is 0.187 e. The highest BCUT2D eigenvalue weighted by Gasteiger charge is 2.20. The molecule has 0 aliphatic carbocycles. The highest BCUT2D eigenvalue weighted by atomic mass is 35.5. The molecule has 1 saturated heterocycles. The summed E-state index contributed by atoms with van der Waals surface area (Å²) in [6.07, 6.45) is 0. The van der Waals surface area contributed by atoms with Crippen molar-refractivity contribution in [3.63, 3.8) is 0 Å². The number of benzene rings is 1. The smallest absolute Gasteiger partial charge is 0.187 e. The lowest BCUT2D eigenvalue weighted by Gasteiger charge is -2.31. The molecule has 2 aromatic rings. The van der Waals surface area contributed by atoms with E-state index in [-0.39, 0.29) is 5.78 Å². The molecule has 0 bridgehead atoms. The van der Waals surface area contributed by atoms with Gasteiger partial charge in [-0.05, 0) is 43.1 Å². The average Bonchev–Trinajstić information content (AvgIpc) is 2.79. The van der Waals surface area contributed by atoms with Crippen molar-refractivity contribution in [2.75, 3.05) is 39.8 Å². The minimum Gasteiger partial charge on any atom is -0.304 e. The summed E-state index contributed by atoms with van der Waals surface area (Å²) in [4.78, 5) is 18.0. The first-order valence-electron chi connectivity index (χ1n) is 7.17. The van der Waals surface area contributed by atoms with E-state index in [1.165, 1.54) is 0 Å². The van der Waals surface area contributed by atoms with Crippen LogP contribution in [0.4, 0.5) is 0 Å². The van der Waals surface area contributed by atoms with Crippen LogP contribution in [0.1, 0.15) is 15.2 Å². The Morgan fingerprint density at radius 2 is 2.00 bits per heavy atom. The molecule has 2 heterocycles. The van der Waals surface area contributed by atoms with Gasteiger partial charge in [-0.15, -0.1) is 11.3 Å². The standard InChI is InChI=1S/C16H19ClN2OS/c1-11-13-9-12(17)3-4-15(13)21-16(11)14(20)10-19-7-5-18(2)6-8-19/h3-4,9H,5-8,10H2,1-2H3. The van der Waals surface area contributed by atoms with Crippen molar-refractivity contribution < 1.29 is 4.79 Å². The van der Waals surface area contributed by atoms with Gasteiger partial charge in [0.2, 0.25) is 0 Å². The summed E-state index contributed by atoms with van der Waals surface area (Å²) in [5.74, 6) is 0.231. The van der Waals surface area contributed by atoms with Crippen molar-refractivity contribution in [3.8, 4) is 0 Å². The van der Waals surface area contributed by atoms with Crippen LogP contribution >= 0.6 is 22.9 Å².